The van der Waals surface area contributed by atoms with Crippen molar-refractivity contribution in [3.63, 3.8) is 0 Å². The third-order valence-electron chi connectivity index (χ3n) is 2.92. The molecule has 0 amide bonds. The molecule has 0 aliphatic rings. The Morgan fingerprint density at radius 1 is 1.32 bits per heavy atom. The first-order valence-corrected chi connectivity index (χ1v) is 5.77. The van der Waals surface area contributed by atoms with Gasteiger partial charge in [-0.2, -0.15) is 0 Å². The lowest BCUT2D eigenvalue weighted by Crippen LogP contribution is -2.07. The van der Waals surface area contributed by atoms with Crippen molar-refractivity contribution >= 4 is 17.0 Å². The molecule has 0 unspecified atom stereocenters. The molecule has 0 fully saturated rings. The summed E-state index contributed by atoms with van der Waals surface area (Å²) in [5.74, 6) is -0.966. The predicted octanol–water partition coefficient (Wildman–Crippen LogP) is 1.03. The number of hydrogen-bond donors (Lipinski definition) is 1. The largest absolute Gasteiger partial charge is 0.478 e. The first-order chi connectivity index (χ1) is 9.25. The molecular weight excluding hydrogens is 246 g/mol. The predicted molar refractivity (Wildman–Crippen MR) is 66.7 cm³/mol. The Bertz CT molecular complexity index is 717. The van der Waals surface area contributed by atoms with Gasteiger partial charge in [0.15, 0.2) is 0 Å². The number of fused-ring (bicyclic) bond motifs is 1. The van der Waals surface area contributed by atoms with E-state index in [1.54, 1.807) is 35.5 Å². The Kier molecular flexibility index (Phi) is 2.71. The maximum atomic E-state index is 11.1. The van der Waals surface area contributed by atoms with Crippen molar-refractivity contribution < 1.29 is 9.90 Å². The smallest absolute Gasteiger partial charge is 0.337 e. The highest BCUT2D eigenvalue weighted by atomic mass is 16.4. The fourth-order valence-electron chi connectivity index (χ4n) is 2.00. The number of carbonyl (C=O) groups is 1. The average Bonchev–Trinajstić information content (AvgIpc) is 3.05. The van der Waals surface area contributed by atoms with Crippen LogP contribution in [0.15, 0.2) is 36.9 Å². The summed E-state index contributed by atoms with van der Waals surface area (Å²) in [6.07, 6.45) is 5.05. The second-order valence-electron chi connectivity index (χ2n) is 4.08. The number of carboxylic acids is 1. The lowest BCUT2D eigenvalue weighted by Gasteiger charge is -2.04. The Balaban J connectivity index is 1.92. The molecule has 96 valence electrons. The van der Waals surface area contributed by atoms with Crippen LogP contribution in [0.25, 0.3) is 11.0 Å². The molecule has 0 bridgehead atoms. The van der Waals surface area contributed by atoms with E-state index in [0.717, 1.165) is 5.52 Å². The van der Waals surface area contributed by atoms with Gasteiger partial charge in [-0.3, -0.25) is 4.68 Å². The van der Waals surface area contributed by atoms with E-state index in [9.17, 15) is 4.79 Å². The molecular formula is C12H11N5O2. The van der Waals surface area contributed by atoms with Gasteiger partial charge in [-0.05, 0) is 12.1 Å². The molecule has 7 heteroatoms. The molecule has 0 spiro atoms. The number of imidazole rings is 1. The summed E-state index contributed by atoms with van der Waals surface area (Å²) in [7, 11) is 0. The first kappa shape index (κ1) is 11.4. The van der Waals surface area contributed by atoms with Crippen molar-refractivity contribution in [2.45, 2.75) is 13.1 Å². The molecule has 7 nitrogen and oxygen atoms in total. The van der Waals surface area contributed by atoms with Gasteiger partial charge in [0.2, 0.25) is 0 Å². The van der Waals surface area contributed by atoms with Crippen LogP contribution in [-0.4, -0.2) is 35.6 Å². The minimum absolute atomic E-state index is 0.219. The lowest BCUT2D eigenvalue weighted by atomic mass is 10.2. The third kappa shape index (κ3) is 2.05. The van der Waals surface area contributed by atoms with Crippen LogP contribution in [0.4, 0.5) is 0 Å². The molecule has 0 aliphatic carbocycles. The van der Waals surface area contributed by atoms with E-state index in [1.807, 2.05) is 10.6 Å². The first-order valence-electron chi connectivity index (χ1n) is 5.77. The van der Waals surface area contributed by atoms with Crippen LogP contribution >= 0.6 is 0 Å². The van der Waals surface area contributed by atoms with Crippen LogP contribution in [0.1, 0.15) is 10.4 Å². The van der Waals surface area contributed by atoms with Crippen LogP contribution in [0.3, 0.4) is 0 Å². The molecule has 2 aromatic heterocycles. The molecule has 1 N–H and O–H groups in total. The van der Waals surface area contributed by atoms with Crippen LogP contribution < -0.4 is 0 Å². The maximum Gasteiger partial charge on any atom is 0.337 e. The van der Waals surface area contributed by atoms with Crippen molar-refractivity contribution in [1.82, 2.24) is 24.5 Å². The van der Waals surface area contributed by atoms with Gasteiger partial charge in [0, 0.05) is 12.7 Å². The number of para-hydroxylation sites is 1. The highest BCUT2D eigenvalue weighted by Gasteiger charge is 2.12. The molecule has 0 atom stereocenters. The second kappa shape index (κ2) is 4.52. The van der Waals surface area contributed by atoms with Gasteiger partial charge in [0.25, 0.3) is 0 Å². The number of aromatic carboxylic acids is 1. The van der Waals surface area contributed by atoms with Gasteiger partial charge in [-0.1, -0.05) is 11.3 Å². The number of rotatable bonds is 4. The van der Waals surface area contributed by atoms with Crippen molar-refractivity contribution in [2.75, 3.05) is 0 Å². The quantitative estimate of drug-likeness (QED) is 0.754. The summed E-state index contributed by atoms with van der Waals surface area (Å²) >= 11 is 0. The standard InChI is InChI=1S/C12H11N5O2/c18-12(19)9-2-1-3-10-11(9)13-8-16(10)6-7-17-5-4-14-15-17/h1-5,8H,6-7H2,(H,18,19). The van der Waals surface area contributed by atoms with Crippen LogP contribution in [0.2, 0.25) is 0 Å². The van der Waals surface area contributed by atoms with Gasteiger partial charge >= 0.3 is 5.97 Å². The topological polar surface area (TPSA) is 85.8 Å². The van der Waals surface area contributed by atoms with Crippen LogP contribution in [0, 0.1) is 0 Å². The Morgan fingerprint density at radius 2 is 2.21 bits per heavy atom. The van der Waals surface area contributed by atoms with Crippen molar-refractivity contribution in [3.8, 4) is 0 Å². The summed E-state index contributed by atoms with van der Waals surface area (Å²) in [5, 5.41) is 16.7. The summed E-state index contributed by atoms with van der Waals surface area (Å²) in [6.45, 7) is 1.31. The third-order valence-corrected chi connectivity index (χ3v) is 2.92. The van der Waals surface area contributed by atoms with E-state index in [1.165, 1.54) is 0 Å². The second-order valence-corrected chi connectivity index (χ2v) is 4.08. The number of nitrogens with zero attached hydrogens (tertiary/aromatic N) is 5. The van der Waals surface area contributed by atoms with Crippen LogP contribution in [-0.2, 0) is 13.1 Å². The fourth-order valence-corrected chi connectivity index (χ4v) is 2.00. The molecule has 3 aromatic rings. The van der Waals surface area contributed by atoms with Crippen molar-refractivity contribution in [2.24, 2.45) is 0 Å². The average molecular weight is 257 g/mol. The minimum Gasteiger partial charge on any atom is -0.478 e. The molecule has 19 heavy (non-hydrogen) atoms. The molecule has 0 aliphatic heterocycles. The fraction of sp³-hybridized carbons (Fsp3) is 0.167. The highest BCUT2D eigenvalue weighted by Crippen LogP contribution is 2.17. The Hall–Kier alpha value is -2.70. The van der Waals surface area contributed by atoms with Gasteiger partial charge in [0.05, 0.1) is 30.1 Å². The van der Waals surface area contributed by atoms with E-state index in [0.29, 0.717) is 18.6 Å². The lowest BCUT2D eigenvalue weighted by molar-refractivity contribution is 0.0699. The molecule has 2 heterocycles. The summed E-state index contributed by atoms with van der Waals surface area (Å²) in [5.41, 5.74) is 1.53. The van der Waals surface area contributed by atoms with Gasteiger partial charge in [-0.15, -0.1) is 5.10 Å². The minimum atomic E-state index is -0.966. The summed E-state index contributed by atoms with van der Waals surface area (Å²) in [4.78, 5) is 15.3. The molecule has 1 aromatic carbocycles. The van der Waals surface area contributed by atoms with Gasteiger partial charge in [-0.25, -0.2) is 9.78 Å². The van der Waals surface area contributed by atoms with E-state index in [4.69, 9.17) is 5.11 Å². The monoisotopic (exact) mass is 257 g/mol. The Labute approximate surface area is 108 Å². The van der Waals surface area contributed by atoms with Gasteiger partial charge < -0.3 is 9.67 Å². The zero-order chi connectivity index (χ0) is 13.2. The van der Waals surface area contributed by atoms with E-state index in [2.05, 4.69) is 15.3 Å². The Morgan fingerprint density at radius 3 is 2.95 bits per heavy atom. The van der Waals surface area contributed by atoms with Gasteiger partial charge in [0.1, 0.15) is 5.52 Å². The van der Waals surface area contributed by atoms with E-state index >= 15 is 0 Å². The molecule has 0 saturated heterocycles. The number of hydrogen-bond acceptors (Lipinski definition) is 4. The highest BCUT2D eigenvalue weighted by molar-refractivity contribution is 6.00. The summed E-state index contributed by atoms with van der Waals surface area (Å²) in [6, 6.07) is 5.13. The zero-order valence-corrected chi connectivity index (χ0v) is 9.97. The van der Waals surface area contributed by atoms with E-state index in [-0.39, 0.29) is 5.56 Å². The SMILES string of the molecule is O=C(O)c1cccc2c1ncn2CCn1ccnn1. The number of aryl methyl sites for hydroxylation is 2. The molecule has 3 rings (SSSR count). The number of aromatic nitrogens is 5. The number of carboxylic acid groups (broad SMARTS) is 1. The molecule has 0 saturated carbocycles. The van der Waals surface area contributed by atoms with Crippen LogP contribution in [0.5, 0.6) is 0 Å². The zero-order valence-electron chi connectivity index (χ0n) is 9.97. The molecule has 0 radical (unpaired) electrons. The summed E-state index contributed by atoms with van der Waals surface area (Å²) < 4.78 is 3.62. The van der Waals surface area contributed by atoms with Crippen molar-refractivity contribution in [1.29, 1.82) is 0 Å². The van der Waals surface area contributed by atoms with E-state index < -0.39 is 5.97 Å². The normalized spacial score (nSPS) is 10.9. The number of benzene rings is 1. The maximum absolute atomic E-state index is 11.1. The van der Waals surface area contributed by atoms with Crippen molar-refractivity contribution in [3.05, 3.63) is 42.5 Å².